The molecule has 1 aromatic carbocycles. The van der Waals surface area contributed by atoms with Gasteiger partial charge >= 0.3 is 5.97 Å². The summed E-state index contributed by atoms with van der Waals surface area (Å²) in [5.74, 6) is -1.70. The zero-order chi connectivity index (χ0) is 16.2. The molecule has 1 atom stereocenters. The number of hydrogen-bond acceptors (Lipinski definition) is 4. The van der Waals surface area contributed by atoms with Crippen LogP contribution in [0.25, 0.3) is 0 Å². The molecule has 0 spiro atoms. The predicted octanol–water partition coefficient (Wildman–Crippen LogP) is 2.48. The minimum Gasteiger partial charge on any atom is -0.481 e. The third-order valence-electron chi connectivity index (χ3n) is 2.92. The van der Waals surface area contributed by atoms with Crippen molar-refractivity contribution in [3.8, 4) is 0 Å². The van der Waals surface area contributed by atoms with Crippen LogP contribution in [0, 0.1) is 16.0 Å². The van der Waals surface area contributed by atoms with Gasteiger partial charge in [0.15, 0.2) is 0 Å². The number of carbonyl (C=O) groups is 2. The van der Waals surface area contributed by atoms with E-state index in [1.165, 1.54) is 12.1 Å². The highest BCUT2D eigenvalue weighted by molar-refractivity contribution is 6.32. The number of carboxylic acids is 1. The average Bonchev–Trinajstić information content (AvgIpc) is 2.37. The summed E-state index contributed by atoms with van der Waals surface area (Å²) in [7, 11) is 0. The molecular weight excluding hydrogens is 300 g/mol. The minimum atomic E-state index is -1.03. The van der Waals surface area contributed by atoms with Gasteiger partial charge in [0.2, 0.25) is 0 Å². The SMILES string of the molecule is CC(C)C(CC(=O)O)NC(=O)c1ccc(Cl)c([N+](=O)[O-])c1. The van der Waals surface area contributed by atoms with E-state index in [2.05, 4.69) is 5.32 Å². The largest absolute Gasteiger partial charge is 0.481 e. The van der Waals surface area contributed by atoms with E-state index in [1.54, 1.807) is 13.8 Å². The smallest absolute Gasteiger partial charge is 0.305 e. The number of hydrogen-bond donors (Lipinski definition) is 2. The van der Waals surface area contributed by atoms with Gasteiger partial charge in [-0.3, -0.25) is 19.7 Å². The number of halogens is 1. The molecule has 0 heterocycles. The van der Waals surface area contributed by atoms with Crippen LogP contribution >= 0.6 is 11.6 Å². The monoisotopic (exact) mass is 314 g/mol. The number of nitrogens with one attached hydrogen (secondary N) is 1. The second kappa shape index (κ2) is 7.03. The van der Waals surface area contributed by atoms with Gasteiger partial charge in [0.25, 0.3) is 11.6 Å². The maximum atomic E-state index is 12.1. The summed E-state index contributed by atoms with van der Waals surface area (Å²) < 4.78 is 0. The van der Waals surface area contributed by atoms with Gasteiger partial charge in [-0.05, 0) is 18.1 Å². The number of aliphatic carboxylic acids is 1. The molecule has 0 bridgehead atoms. The molecule has 7 nitrogen and oxygen atoms in total. The highest BCUT2D eigenvalue weighted by Crippen LogP contribution is 2.25. The second-order valence-electron chi connectivity index (χ2n) is 4.85. The van der Waals surface area contributed by atoms with Gasteiger partial charge in [0.05, 0.1) is 11.3 Å². The summed E-state index contributed by atoms with van der Waals surface area (Å²) >= 11 is 5.67. The summed E-state index contributed by atoms with van der Waals surface area (Å²) in [5.41, 5.74) is -0.314. The Balaban J connectivity index is 2.95. The van der Waals surface area contributed by atoms with Crippen molar-refractivity contribution in [3.63, 3.8) is 0 Å². The van der Waals surface area contributed by atoms with E-state index in [0.717, 1.165) is 6.07 Å². The Morgan fingerprint density at radius 1 is 1.43 bits per heavy atom. The van der Waals surface area contributed by atoms with Crippen LogP contribution in [0.15, 0.2) is 18.2 Å². The summed E-state index contributed by atoms with van der Waals surface area (Å²) in [5, 5.41) is 22.1. The van der Waals surface area contributed by atoms with Crippen molar-refractivity contribution in [2.75, 3.05) is 0 Å². The van der Waals surface area contributed by atoms with Crippen LogP contribution in [0.5, 0.6) is 0 Å². The van der Waals surface area contributed by atoms with E-state index >= 15 is 0 Å². The highest BCUT2D eigenvalue weighted by atomic mass is 35.5. The number of nitro groups is 1. The van der Waals surface area contributed by atoms with Gasteiger partial charge in [-0.1, -0.05) is 25.4 Å². The predicted molar refractivity (Wildman–Crippen MR) is 76.5 cm³/mol. The minimum absolute atomic E-state index is 0.0575. The fourth-order valence-corrected chi connectivity index (χ4v) is 1.87. The van der Waals surface area contributed by atoms with Crippen LogP contribution in [0.2, 0.25) is 5.02 Å². The lowest BCUT2D eigenvalue weighted by Gasteiger charge is -2.20. The molecule has 21 heavy (non-hydrogen) atoms. The molecule has 114 valence electrons. The van der Waals surface area contributed by atoms with Gasteiger partial charge in [0, 0.05) is 17.7 Å². The van der Waals surface area contributed by atoms with Gasteiger partial charge < -0.3 is 10.4 Å². The van der Waals surface area contributed by atoms with Crippen LogP contribution in [-0.4, -0.2) is 27.9 Å². The van der Waals surface area contributed by atoms with E-state index in [9.17, 15) is 19.7 Å². The number of carbonyl (C=O) groups excluding carboxylic acids is 1. The average molecular weight is 315 g/mol. The van der Waals surface area contributed by atoms with Crippen molar-refractivity contribution in [1.82, 2.24) is 5.32 Å². The third-order valence-corrected chi connectivity index (χ3v) is 3.24. The highest BCUT2D eigenvalue weighted by Gasteiger charge is 2.22. The lowest BCUT2D eigenvalue weighted by Crippen LogP contribution is -2.40. The molecule has 0 fully saturated rings. The van der Waals surface area contributed by atoms with E-state index in [0.29, 0.717) is 0 Å². The first-order valence-electron chi connectivity index (χ1n) is 6.19. The molecule has 0 saturated heterocycles. The first-order valence-corrected chi connectivity index (χ1v) is 6.56. The second-order valence-corrected chi connectivity index (χ2v) is 5.25. The summed E-state index contributed by atoms with van der Waals surface area (Å²) in [6, 6.07) is 3.11. The molecule has 2 N–H and O–H groups in total. The molecule has 1 rings (SSSR count). The quantitative estimate of drug-likeness (QED) is 0.619. The van der Waals surface area contributed by atoms with Crippen molar-refractivity contribution >= 4 is 29.2 Å². The molecule has 1 amide bonds. The van der Waals surface area contributed by atoms with Crippen LogP contribution in [-0.2, 0) is 4.79 Å². The molecular formula is C13H15ClN2O5. The van der Waals surface area contributed by atoms with E-state index in [1.807, 2.05) is 0 Å². The lowest BCUT2D eigenvalue weighted by molar-refractivity contribution is -0.384. The number of benzene rings is 1. The summed E-state index contributed by atoms with van der Waals surface area (Å²) in [6.45, 7) is 3.55. The number of rotatable bonds is 6. The Morgan fingerprint density at radius 2 is 2.05 bits per heavy atom. The van der Waals surface area contributed by atoms with Gasteiger partial charge in [-0.15, -0.1) is 0 Å². The first kappa shape index (κ1) is 16.9. The maximum absolute atomic E-state index is 12.1. The summed E-state index contributed by atoms with van der Waals surface area (Å²) in [6.07, 6.45) is -0.223. The zero-order valence-corrected chi connectivity index (χ0v) is 12.3. The molecule has 0 aliphatic rings. The molecule has 1 unspecified atom stereocenters. The first-order chi connectivity index (χ1) is 9.72. The number of nitro benzene ring substituents is 1. The van der Waals surface area contributed by atoms with Gasteiger partial charge in [-0.2, -0.15) is 0 Å². The van der Waals surface area contributed by atoms with Crippen molar-refractivity contribution in [1.29, 1.82) is 0 Å². The molecule has 0 aliphatic carbocycles. The molecule has 0 aromatic heterocycles. The van der Waals surface area contributed by atoms with Crippen LogP contribution in [0.1, 0.15) is 30.6 Å². The Labute approximate surface area is 126 Å². The normalized spacial score (nSPS) is 12.0. The molecule has 1 aromatic rings. The van der Waals surface area contributed by atoms with Gasteiger partial charge in [-0.25, -0.2) is 0 Å². The van der Waals surface area contributed by atoms with Crippen molar-refractivity contribution in [3.05, 3.63) is 38.9 Å². The van der Waals surface area contributed by atoms with Crippen LogP contribution in [0.4, 0.5) is 5.69 Å². The number of amides is 1. The summed E-state index contributed by atoms with van der Waals surface area (Å²) in [4.78, 5) is 32.9. The zero-order valence-electron chi connectivity index (χ0n) is 11.5. The number of nitrogens with zero attached hydrogens (tertiary/aromatic N) is 1. The van der Waals surface area contributed by atoms with Gasteiger partial charge in [0.1, 0.15) is 5.02 Å². The van der Waals surface area contributed by atoms with E-state index in [-0.39, 0.29) is 28.6 Å². The molecule has 8 heteroatoms. The fourth-order valence-electron chi connectivity index (χ4n) is 1.69. The lowest BCUT2D eigenvalue weighted by atomic mass is 10.0. The van der Waals surface area contributed by atoms with E-state index < -0.39 is 22.8 Å². The Hall–Kier alpha value is -2.15. The van der Waals surface area contributed by atoms with Crippen LogP contribution < -0.4 is 5.32 Å². The third kappa shape index (κ3) is 4.71. The Kier molecular flexibility index (Phi) is 5.66. The standard InChI is InChI=1S/C13H15ClN2O5/c1-7(2)10(6-12(17)18)15-13(19)8-3-4-9(14)11(5-8)16(20)21/h3-5,7,10H,6H2,1-2H3,(H,15,19)(H,17,18). The van der Waals surface area contributed by atoms with E-state index in [4.69, 9.17) is 16.7 Å². The maximum Gasteiger partial charge on any atom is 0.305 e. The Bertz CT molecular complexity index is 574. The topological polar surface area (TPSA) is 110 Å². The van der Waals surface area contributed by atoms with Crippen molar-refractivity contribution in [2.45, 2.75) is 26.3 Å². The Morgan fingerprint density at radius 3 is 2.52 bits per heavy atom. The molecule has 0 saturated carbocycles. The number of carboxylic acid groups (broad SMARTS) is 1. The van der Waals surface area contributed by atoms with Crippen molar-refractivity contribution in [2.24, 2.45) is 5.92 Å². The molecule has 0 radical (unpaired) electrons. The van der Waals surface area contributed by atoms with Crippen molar-refractivity contribution < 1.29 is 19.6 Å². The fraction of sp³-hybridized carbons (Fsp3) is 0.385. The van der Waals surface area contributed by atoms with Crippen LogP contribution in [0.3, 0.4) is 0 Å². The molecule has 0 aliphatic heterocycles.